The van der Waals surface area contributed by atoms with Crippen LogP contribution in [-0.4, -0.2) is 31.7 Å². The zero-order valence-corrected chi connectivity index (χ0v) is 19.3. The first-order valence-corrected chi connectivity index (χ1v) is 12.7. The first-order chi connectivity index (χ1) is 16.4. The number of hydrogen-bond acceptors (Lipinski definition) is 5. The van der Waals surface area contributed by atoms with Crippen LogP contribution in [0.3, 0.4) is 0 Å². The second-order valence-corrected chi connectivity index (χ2v) is 10.4. The van der Waals surface area contributed by atoms with E-state index in [1.54, 1.807) is 36.4 Å². The van der Waals surface area contributed by atoms with Gasteiger partial charge in [-0.25, -0.2) is 13.1 Å². The Labute approximate surface area is 198 Å². The number of aliphatic hydroxyl groups excluding tert-OH is 1. The molecule has 5 rings (SSSR count). The molecule has 7 nitrogen and oxygen atoms in total. The zero-order chi connectivity index (χ0) is 23.7. The molecular weight excluding hydrogens is 450 g/mol. The normalized spacial score (nSPS) is 18.0. The monoisotopic (exact) mass is 475 g/mol. The Morgan fingerprint density at radius 2 is 1.76 bits per heavy atom. The van der Waals surface area contributed by atoms with Crippen LogP contribution in [0, 0.1) is 5.92 Å². The molecule has 1 aliphatic heterocycles. The fourth-order valence-corrected chi connectivity index (χ4v) is 5.18. The van der Waals surface area contributed by atoms with Crippen molar-refractivity contribution >= 4 is 33.0 Å². The minimum absolute atomic E-state index is 0.0695. The van der Waals surface area contributed by atoms with Gasteiger partial charge in [-0.05, 0) is 65.8 Å². The Morgan fingerprint density at radius 1 is 1.03 bits per heavy atom. The molecule has 1 unspecified atom stereocenters. The summed E-state index contributed by atoms with van der Waals surface area (Å²) in [5.41, 5.74) is 3.84. The first-order valence-electron chi connectivity index (χ1n) is 11.2. The Balaban J connectivity index is 1.57. The van der Waals surface area contributed by atoms with Gasteiger partial charge in [-0.3, -0.25) is 9.79 Å². The molecule has 1 heterocycles. The molecular formula is C26H25N3O4S. The number of aliphatic hydroxyl groups is 1. The highest BCUT2D eigenvalue weighted by atomic mass is 32.2. The van der Waals surface area contributed by atoms with Crippen LogP contribution < -0.4 is 10.0 Å². The van der Waals surface area contributed by atoms with E-state index in [2.05, 4.69) is 10.0 Å². The number of amides is 1. The average molecular weight is 476 g/mol. The number of nitrogens with zero attached hydrogens (tertiary/aromatic N) is 1. The molecule has 1 fully saturated rings. The van der Waals surface area contributed by atoms with E-state index in [0.29, 0.717) is 35.1 Å². The Morgan fingerprint density at radius 3 is 2.44 bits per heavy atom. The topological polar surface area (TPSA) is 108 Å². The predicted molar refractivity (Wildman–Crippen MR) is 131 cm³/mol. The lowest BCUT2D eigenvalue weighted by Gasteiger charge is -2.15. The van der Waals surface area contributed by atoms with Crippen LogP contribution in [0.25, 0.3) is 0 Å². The van der Waals surface area contributed by atoms with Crippen molar-refractivity contribution in [3.63, 3.8) is 0 Å². The number of hydrogen-bond donors (Lipinski definition) is 3. The molecule has 1 amide bonds. The summed E-state index contributed by atoms with van der Waals surface area (Å²) in [6.45, 7) is 0.362. The molecule has 0 bridgehead atoms. The van der Waals surface area contributed by atoms with Gasteiger partial charge in [0.15, 0.2) is 0 Å². The molecule has 0 spiro atoms. The van der Waals surface area contributed by atoms with Crippen molar-refractivity contribution in [2.24, 2.45) is 10.9 Å². The van der Waals surface area contributed by atoms with E-state index in [1.165, 1.54) is 6.07 Å². The molecule has 3 N–H and O–H groups in total. The van der Waals surface area contributed by atoms with Gasteiger partial charge in [-0.1, -0.05) is 42.5 Å². The standard InChI is InChI=1S/C26H25N3O4S/c30-16-18-8-10-20(11-9-18)28-25(19-4-2-1-3-5-19)24-22-14-21(12-13-23(22)29-26(24)31)34(32,33)27-15-17-6-7-17/h1-5,8-14,17,24,27,30H,6-7,15-16H2,(H,29,31). The lowest BCUT2D eigenvalue weighted by atomic mass is 9.90. The summed E-state index contributed by atoms with van der Waals surface area (Å²) < 4.78 is 28.4. The average Bonchev–Trinajstić information content (AvgIpc) is 3.63. The van der Waals surface area contributed by atoms with Gasteiger partial charge in [0.05, 0.1) is 22.9 Å². The van der Waals surface area contributed by atoms with E-state index in [0.717, 1.165) is 24.0 Å². The third kappa shape index (κ3) is 4.65. The summed E-state index contributed by atoms with van der Waals surface area (Å²) in [5.74, 6) is -0.618. The number of carbonyl (C=O) groups excluding carboxylic acids is 1. The maximum absolute atomic E-state index is 13.1. The Bertz CT molecular complexity index is 1350. The Kier molecular flexibility index (Phi) is 6.03. The maximum atomic E-state index is 13.1. The zero-order valence-electron chi connectivity index (χ0n) is 18.4. The molecule has 0 saturated heterocycles. The van der Waals surface area contributed by atoms with Crippen molar-refractivity contribution in [2.75, 3.05) is 11.9 Å². The summed E-state index contributed by atoms with van der Waals surface area (Å²) in [5, 5.41) is 12.2. The Hall–Kier alpha value is -3.33. The van der Waals surface area contributed by atoms with Crippen LogP contribution in [0.15, 0.2) is 82.7 Å². The molecule has 34 heavy (non-hydrogen) atoms. The SMILES string of the molecule is O=C1Nc2ccc(S(=O)(=O)NCC3CC3)cc2C1C(=Nc1ccc(CO)cc1)c1ccccc1. The number of carbonyl (C=O) groups is 1. The van der Waals surface area contributed by atoms with Gasteiger partial charge in [0.2, 0.25) is 15.9 Å². The molecule has 0 aromatic heterocycles. The van der Waals surface area contributed by atoms with Gasteiger partial charge in [0.1, 0.15) is 5.92 Å². The van der Waals surface area contributed by atoms with Gasteiger partial charge < -0.3 is 10.4 Å². The summed E-state index contributed by atoms with van der Waals surface area (Å²) in [6, 6.07) is 21.2. The summed E-state index contributed by atoms with van der Waals surface area (Å²) >= 11 is 0. The van der Waals surface area contributed by atoms with Crippen molar-refractivity contribution in [2.45, 2.75) is 30.3 Å². The number of aliphatic imine (C=N–C) groups is 1. The minimum Gasteiger partial charge on any atom is -0.392 e. The molecule has 8 heteroatoms. The number of rotatable bonds is 8. The fraction of sp³-hybridized carbons (Fsp3) is 0.231. The molecule has 0 radical (unpaired) electrons. The van der Waals surface area contributed by atoms with E-state index in [4.69, 9.17) is 4.99 Å². The minimum atomic E-state index is -3.69. The molecule has 2 aliphatic rings. The fourth-order valence-electron chi connectivity index (χ4n) is 4.03. The third-order valence-corrected chi connectivity index (χ3v) is 7.56. The number of benzene rings is 3. The largest absolute Gasteiger partial charge is 0.392 e. The lowest BCUT2D eigenvalue weighted by Crippen LogP contribution is -2.26. The number of nitrogens with one attached hydrogen (secondary N) is 2. The van der Waals surface area contributed by atoms with Crippen LogP contribution in [0.4, 0.5) is 11.4 Å². The second-order valence-electron chi connectivity index (χ2n) is 8.65. The van der Waals surface area contributed by atoms with Crippen LogP contribution in [0.1, 0.15) is 35.4 Å². The summed E-state index contributed by atoms with van der Waals surface area (Å²) in [6.07, 6.45) is 2.09. The smallest absolute Gasteiger partial charge is 0.240 e. The van der Waals surface area contributed by atoms with Gasteiger partial charge in [-0.15, -0.1) is 0 Å². The molecule has 1 atom stereocenters. The van der Waals surface area contributed by atoms with Crippen molar-refractivity contribution in [1.29, 1.82) is 0 Å². The lowest BCUT2D eigenvalue weighted by molar-refractivity contribution is -0.115. The molecule has 174 valence electrons. The van der Waals surface area contributed by atoms with Gasteiger partial charge in [0, 0.05) is 12.2 Å². The van der Waals surface area contributed by atoms with Crippen molar-refractivity contribution in [3.8, 4) is 0 Å². The number of fused-ring (bicyclic) bond motifs is 1. The van der Waals surface area contributed by atoms with Crippen LogP contribution >= 0.6 is 0 Å². The summed E-state index contributed by atoms with van der Waals surface area (Å²) in [7, 11) is -3.69. The van der Waals surface area contributed by atoms with Crippen molar-refractivity contribution in [1.82, 2.24) is 4.72 Å². The highest BCUT2D eigenvalue weighted by molar-refractivity contribution is 7.89. The van der Waals surface area contributed by atoms with Crippen LogP contribution in [0.2, 0.25) is 0 Å². The van der Waals surface area contributed by atoms with E-state index < -0.39 is 15.9 Å². The van der Waals surface area contributed by atoms with E-state index in [9.17, 15) is 18.3 Å². The first kappa shape index (κ1) is 22.5. The van der Waals surface area contributed by atoms with E-state index in [-0.39, 0.29) is 17.4 Å². The highest BCUT2D eigenvalue weighted by Gasteiger charge is 2.36. The molecule has 1 aliphatic carbocycles. The summed E-state index contributed by atoms with van der Waals surface area (Å²) in [4.78, 5) is 18.1. The van der Waals surface area contributed by atoms with Crippen LogP contribution in [-0.2, 0) is 21.4 Å². The highest BCUT2D eigenvalue weighted by Crippen LogP contribution is 2.38. The number of sulfonamides is 1. The predicted octanol–water partition coefficient (Wildman–Crippen LogP) is 3.72. The van der Waals surface area contributed by atoms with E-state index in [1.807, 2.05) is 30.3 Å². The molecule has 3 aromatic rings. The maximum Gasteiger partial charge on any atom is 0.240 e. The molecule has 3 aromatic carbocycles. The van der Waals surface area contributed by atoms with Crippen molar-refractivity contribution < 1.29 is 18.3 Å². The van der Waals surface area contributed by atoms with Gasteiger partial charge in [-0.2, -0.15) is 0 Å². The third-order valence-electron chi connectivity index (χ3n) is 6.13. The number of anilines is 1. The second kappa shape index (κ2) is 9.13. The van der Waals surface area contributed by atoms with Gasteiger partial charge in [0.25, 0.3) is 0 Å². The van der Waals surface area contributed by atoms with E-state index >= 15 is 0 Å². The van der Waals surface area contributed by atoms with Crippen LogP contribution in [0.5, 0.6) is 0 Å². The quantitative estimate of drug-likeness (QED) is 0.432. The van der Waals surface area contributed by atoms with Gasteiger partial charge >= 0.3 is 0 Å². The molecule has 1 saturated carbocycles. The van der Waals surface area contributed by atoms with Crippen molar-refractivity contribution in [3.05, 3.63) is 89.5 Å².